The highest BCUT2D eigenvalue weighted by Crippen LogP contribution is 2.29. The summed E-state index contributed by atoms with van der Waals surface area (Å²) in [6, 6.07) is 6.26. The van der Waals surface area contributed by atoms with Crippen LogP contribution in [0.4, 0.5) is 10.6 Å². The summed E-state index contributed by atoms with van der Waals surface area (Å²) in [7, 11) is 0. The Morgan fingerprint density at radius 2 is 1.97 bits per heavy atom. The van der Waals surface area contributed by atoms with Crippen molar-refractivity contribution in [2.45, 2.75) is 27.7 Å². The van der Waals surface area contributed by atoms with E-state index in [1.807, 2.05) is 6.07 Å². The van der Waals surface area contributed by atoms with Crippen LogP contribution in [0.5, 0.6) is 11.5 Å². The van der Waals surface area contributed by atoms with E-state index in [4.69, 9.17) is 4.74 Å². The molecule has 0 fully saturated rings. The largest absolute Gasteiger partial charge is 0.455 e. The third-order valence-corrected chi connectivity index (χ3v) is 4.63. The summed E-state index contributed by atoms with van der Waals surface area (Å²) in [5.41, 5.74) is 2.44. The van der Waals surface area contributed by atoms with Crippen LogP contribution in [0.1, 0.15) is 26.5 Å². The molecule has 8 nitrogen and oxygen atoms in total. The number of pyridine rings is 2. The number of carbonyl (C=O) groups is 2. The minimum absolute atomic E-state index is 0.314. The zero-order valence-corrected chi connectivity index (χ0v) is 17.3. The van der Waals surface area contributed by atoms with Gasteiger partial charge >= 0.3 is 6.03 Å². The van der Waals surface area contributed by atoms with Gasteiger partial charge in [0, 0.05) is 23.9 Å². The van der Waals surface area contributed by atoms with Gasteiger partial charge in [-0.1, -0.05) is 20.8 Å². The van der Waals surface area contributed by atoms with E-state index in [1.165, 1.54) is 11.3 Å². The Morgan fingerprint density at radius 3 is 2.62 bits per heavy atom. The van der Waals surface area contributed by atoms with Crippen LogP contribution in [-0.4, -0.2) is 26.9 Å². The van der Waals surface area contributed by atoms with Gasteiger partial charge in [0.25, 0.3) is 0 Å². The predicted molar refractivity (Wildman–Crippen MR) is 111 cm³/mol. The quantitative estimate of drug-likeness (QED) is 0.659. The molecule has 29 heavy (non-hydrogen) atoms. The molecule has 2 N–H and O–H groups in total. The first-order valence-corrected chi connectivity index (χ1v) is 9.73. The monoisotopic (exact) mass is 411 g/mol. The summed E-state index contributed by atoms with van der Waals surface area (Å²) in [4.78, 5) is 37.5. The van der Waals surface area contributed by atoms with Gasteiger partial charge < -0.3 is 4.74 Å². The van der Waals surface area contributed by atoms with Crippen LogP contribution >= 0.6 is 11.3 Å². The highest BCUT2D eigenvalue weighted by Gasteiger charge is 2.23. The van der Waals surface area contributed by atoms with Crippen molar-refractivity contribution in [2.24, 2.45) is 5.41 Å². The van der Waals surface area contributed by atoms with Crippen molar-refractivity contribution in [2.75, 3.05) is 5.32 Å². The van der Waals surface area contributed by atoms with E-state index >= 15 is 0 Å². The zero-order chi connectivity index (χ0) is 21.0. The van der Waals surface area contributed by atoms with Crippen molar-refractivity contribution in [3.8, 4) is 22.1 Å². The third kappa shape index (κ3) is 5.35. The number of anilines is 1. The lowest BCUT2D eigenvalue weighted by Crippen LogP contribution is -2.41. The van der Waals surface area contributed by atoms with E-state index in [1.54, 1.807) is 63.8 Å². The van der Waals surface area contributed by atoms with Crippen molar-refractivity contribution < 1.29 is 14.3 Å². The fraction of sp³-hybridized carbons (Fsp3) is 0.250. The number of nitrogens with zero attached hydrogens (tertiary/aromatic N) is 3. The standard InChI is InChI=1S/C20H21N5O3S/c1-12-15(28-13-7-8-22-14(9-13)16-10-21-11-29-16)5-6-17(23-12)24-19(27)25-18(26)20(2,3)4/h5-11H,1-4H3,(H2,23,24,25,26,27). The second-order valence-corrected chi connectivity index (χ2v) is 8.17. The molecule has 0 bridgehead atoms. The van der Waals surface area contributed by atoms with E-state index in [2.05, 4.69) is 25.6 Å². The van der Waals surface area contributed by atoms with Gasteiger partial charge in [0.05, 0.1) is 21.8 Å². The minimum atomic E-state index is -0.666. The highest BCUT2D eigenvalue weighted by atomic mass is 32.1. The summed E-state index contributed by atoms with van der Waals surface area (Å²) >= 11 is 1.50. The molecule has 0 aliphatic carbocycles. The SMILES string of the molecule is Cc1nc(NC(=O)NC(=O)C(C)(C)C)ccc1Oc1ccnc(-c2cncs2)c1. The number of aromatic nitrogens is 3. The first kappa shape index (κ1) is 20.4. The maximum Gasteiger partial charge on any atom is 0.327 e. The Labute approximate surface area is 172 Å². The Balaban J connectivity index is 1.68. The molecule has 0 aliphatic rings. The molecule has 3 heterocycles. The zero-order valence-electron chi connectivity index (χ0n) is 16.5. The molecule has 3 aromatic rings. The smallest absolute Gasteiger partial charge is 0.327 e. The fourth-order valence-electron chi connectivity index (χ4n) is 2.24. The molecule has 0 aromatic carbocycles. The van der Waals surface area contributed by atoms with Crippen LogP contribution in [0.2, 0.25) is 0 Å². The first-order valence-electron chi connectivity index (χ1n) is 8.85. The number of hydrogen-bond acceptors (Lipinski definition) is 7. The first-order chi connectivity index (χ1) is 13.7. The predicted octanol–water partition coefficient (Wildman–Crippen LogP) is 4.40. The average molecular weight is 411 g/mol. The van der Waals surface area contributed by atoms with E-state index in [-0.39, 0.29) is 5.91 Å². The molecule has 150 valence electrons. The Kier molecular flexibility index (Phi) is 5.88. The van der Waals surface area contributed by atoms with Crippen LogP contribution in [0.3, 0.4) is 0 Å². The van der Waals surface area contributed by atoms with Crippen molar-refractivity contribution in [3.05, 3.63) is 47.9 Å². The van der Waals surface area contributed by atoms with E-state index in [9.17, 15) is 9.59 Å². The number of carbonyl (C=O) groups excluding carboxylic acids is 2. The Morgan fingerprint density at radius 1 is 1.17 bits per heavy atom. The molecule has 0 aliphatic heterocycles. The number of imide groups is 1. The number of rotatable bonds is 4. The minimum Gasteiger partial charge on any atom is -0.455 e. The number of ether oxygens (including phenoxy) is 1. The second-order valence-electron chi connectivity index (χ2n) is 7.28. The van der Waals surface area contributed by atoms with Crippen LogP contribution in [0.25, 0.3) is 10.6 Å². The van der Waals surface area contributed by atoms with Gasteiger partial charge in [0.1, 0.15) is 17.3 Å². The molecule has 0 unspecified atom stereocenters. The van der Waals surface area contributed by atoms with Gasteiger partial charge in [0.15, 0.2) is 0 Å². The van der Waals surface area contributed by atoms with Crippen LogP contribution < -0.4 is 15.4 Å². The average Bonchev–Trinajstić information content (AvgIpc) is 3.18. The third-order valence-electron chi connectivity index (χ3n) is 3.83. The normalized spacial score (nSPS) is 11.0. The van der Waals surface area contributed by atoms with Gasteiger partial charge in [-0.25, -0.2) is 9.78 Å². The topological polar surface area (TPSA) is 106 Å². The lowest BCUT2D eigenvalue weighted by Gasteiger charge is -2.17. The van der Waals surface area contributed by atoms with Crippen LogP contribution in [-0.2, 0) is 4.79 Å². The van der Waals surface area contributed by atoms with Gasteiger partial charge in [-0.05, 0) is 25.1 Å². The number of urea groups is 1. The summed E-state index contributed by atoms with van der Waals surface area (Å²) in [5, 5.41) is 4.84. The van der Waals surface area contributed by atoms with Crippen LogP contribution in [0.15, 0.2) is 42.2 Å². The molecule has 0 spiro atoms. The molecular formula is C20H21N5O3S. The maximum atomic E-state index is 12.0. The summed E-state index contributed by atoms with van der Waals surface area (Å²) in [6.07, 6.45) is 3.42. The van der Waals surface area contributed by atoms with Gasteiger partial charge in [-0.3, -0.25) is 25.4 Å². The van der Waals surface area contributed by atoms with Crippen LogP contribution in [0, 0.1) is 12.3 Å². The molecule has 3 amide bonds. The number of hydrogen-bond donors (Lipinski definition) is 2. The second kappa shape index (κ2) is 8.36. The number of thiazole rings is 1. The van der Waals surface area contributed by atoms with Gasteiger partial charge in [-0.15, -0.1) is 11.3 Å². The lowest BCUT2D eigenvalue weighted by atomic mass is 9.96. The van der Waals surface area contributed by atoms with Crippen molar-refractivity contribution in [1.82, 2.24) is 20.3 Å². The van der Waals surface area contributed by atoms with E-state index in [0.717, 1.165) is 10.6 Å². The Hall–Kier alpha value is -3.33. The van der Waals surface area contributed by atoms with Crippen molar-refractivity contribution in [3.63, 3.8) is 0 Å². The summed E-state index contributed by atoms with van der Waals surface area (Å²) in [6.45, 7) is 6.95. The number of aryl methyl sites for hydroxylation is 1. The molecule has 0 radical (unpaired) electrons. The van der Waals surface area contributed by atoms with Gasteiger partial charge in [0.2, 0.25) is 5.91 Å². The molecule has 3 rings (SSSR count). The molecule has 0 saturated carbocycles. The summed E-state index contributed by atoms with van der Waals surface area (Å²) in [5.74, 6) is 1.10. The molecule has 3 aromatic heterocycles. The van der Waals surface area contributed by atoms with E-state index < -0.39 is 11.4 Å². The molecule has 9 heteroatoms. The van der Waals surface area contributed by atoms with Crippen molar-refractivity contribution in [1.29, 1.82) is 0 Å². The Bertz CT molecular complexity index is 1030. The molecule has 0 saturated heterocycles. The molecule has 0 atom stereocenters. The number of amides is 3. The maximum absolute atomic E-state index is 12.0. The van der Waals surface area contributed by atoms with E-state index in [0.29, 0.717) is 23.0 Å². The lowest BCUT2D eigenvalue weighted by molar-refractivity contribution is -0.127. The fourth-order valence-corrected chi connectivity index (χ4v) is 2.83. The molecular weight excluding hydrogens is 390 g/mol. The highest BCUT2D eigenvalue weighted by molar-refractivity contribution is 7.13. The van der Waals surface area contributed by atoms with Gasteiger partial charge in [-0.2, -0.15) is 0 Å². The number of nitrogens with one attached hydrogen (secondary N) is 2. The summed E-state index contributed by atoms with van der Waals surface area (Å²) < 4.78 is 5.92. The van der Waals surface area contributed by atoms with Crippen molar-refractivity contribution >= 4 is 29.1 Å².